The molecule has 9 heteroatoms. The van der Waals surface area contributed by atoms with E-state index < -0.39 is 10.0 Å². The normalized spacial score (nSPS) is 10.9. The number of pyridine rings is 1. The first kappa shape index (κ1) is 22.2. The van der Waals surface area contributed by atoms with Crippen molar-refractivity contribution in [3.05, 3.63) is 66.2 Å². The van der Waals surface area contributed by atoms with Gasteiger partial charge in [-0.1, -0.05) is 18.2 Å². The maximum Gasteiger partial charge on any atom is 0.229 e. The Balaban J connectivity index is 0.00000272. The third-order valence-corrected chi connectivity index (χ3v) is 5.18. The van der Waals surface area contributed by atoms with Crippen molar-refractivity contribution in [1.29, 1.82) is 5.26 Å². The van der Waals surface area contributed by atoms with E-state index in [1.165, 1.54) is 7.11 Å². The Kier molecular flexibility index (Phi) is 6.20. The quantitative estimate of drug-likeness (QED) is 0.419. The minimum atomic E-state index is -3.40. The number of nitrogens with one attached hydrogen (secondary N) is 2. The van der Waals surface area contributed by atoms with E-state index in [2.05, 4.69) is 21.1 Å². The number of hydrogen-bond donors (Lipinski definition) is 2. The van der Waals surface area contributed by atoms with Crippen molar-refractivity contribution >= 4 is 61.3 Å². The zero-order valence-corrected chi connectivity index (χ0v) is 18.3. The number of sulfonamides is 1. The molecule has 0 bridgehead atoms. The summed E-state index contributed by atoms with van der Waals surface area (Å²) in [6.45, 7) is 0. The van der Waals surface area contributed by atoms with Gasteiger partial charge in [0.05, 0.1) is 53.1 Å². The molecule has 0 saturated carbocycles. The number of methoxy groups -OCH3 is 1. The number of halogens is 1. The van der Waals surface area contributed by atoms with Crippen LogP contribution in [-0.4, -0.2) is 26.8 Å². The standard InChI is InChI=1S/C22H18N4O3S.ClH/c1-29-21-12-15(26-30(2,27)28)8-10-19(21)25-22-16-5-3-4-6-18(16)24-20-11-14(13-23)7-9-17(20)22;/h3-12,26H,1-2H3,(H,24,25);1H. The van der Waals surface area contributed by atoms with Crippen LogP contribution in [0, 0.1) is 11.3 Å². The predicted octanol–water partition coefficient (Wildman–Crippen LogP) is 4.81. The molecule has 3 aromatic carbocycles. The maximum atomic E-state index is 11.5. The van der Waals surface area contributed by atoms with Crippen LogP contribution in [0.4, 0.5) is 17.1 Å². The summed E-state index contributed by atoms with van der Waals surface area (Å²) in [4.78, 5) is 4.69. The Morgan fingerprint density at radius 3 is 2.45 bits per heavy atom. The van der Waals surface area contributed by atoms with E-state index in [9.17, 15) is 13.7 Å². The van der Waals surface area contributed by atoms with Crippen molar-refractivity contribution in [1.82, 2.24) is 4.98 Å². The second kappa shape index (κ2) is 8.68. The summed E-state index contributed by atoms with van der Waals surface area (Å²) in [7, 11) is -1.88. The Morgan fingerprint density at radius 1 is 1.00 bits per heavy atom. The highest BCUT2D eigenvalue weighted by Crippen LogP contribution is 2.37. The van der Waals surface area contributed by atoms with Crippen LogP contribution in [0.2, 0.25) is 0 Å². The largest absolute Gasteiger partial charge is 0.494 e. The van der Waals surface area contributed by atoms with Crippen molar-refractivity contribution in [2.75, 3.05) is 23.4 Å². The molecule has 0 saturated heterocycles. The Morgan fingerprint density at radius 2 is 1.74 bits per heavy atom. The first-order chi connectivity index (χ1) is 14.4. The van der Waals surface area contributed by atoms with Gasteiger partial charge >= 0.3 is 0 Å². The topological polar surface area (TPSA) is 104 Å². The van der Waals surface area contributed by atoms with E-state index in [-0.39, 0.29) is 12.4 Å². The molecular weight excluding hydrogens is 436 g/mol. The van der Waals surface area contributed by atoms with Crippen LogP contribution < -0.4 is 14.8 Å². The lowest BCUT2D eigenvalue weighted by Gasteiger charge is -2.16. The molecule has 0 amide bonds. The molecule has 4 rings (SSSR count). The van der Waals surface area contributed by atoms with E-state index in [1.807, 2.05) is 30.3 Å². The molecule has 0 aliphatic heterocycles. The maximum absolute atomic E-state index is 11.5. The second-order valence-corrected chi connectivity index (χ2v) is 8.51. The number of anilines is 3. The summed E-state index contributed by atoms with van der Waals surface area (Å²) in [5.41, 5.74) is 3.91. The van der Waals surface area contributed by atoms with Crippen molar-refractivity contribution in [2.45, 2.75) is 0 Å². The molecule has 0 atom stereocenters. The molecule has 158 valence electrons. The lowest BCUT2D eigenvalue weighted by atomic mass is 10.1. The van der Waals surface area contributed by atoms with Crippen LogP contribution in [0.5, 0.6) is 5.75 Å². The van der Waals surface area contributed by atoms with E-state index in [0.717, 1.165) is 28.2 Å². The molecule has 0 radical (unpaired) electrons. The van der Waals surface area contributed by atoms with Gasteiger partial charge in [-0.3, -0.25) is 4.72 Å². The fourth-order valence-electron chi connectivity index (χ4n) is 3.30. The van der Waals surface area contributed by atoms with Gasteiger partial charge < -0.3 is 10.1 Å². The number of ether oxygens (including phenoxy) is 1. The highest BCUT2D eigenvalue weighted by Gasteiger charge is 2.13. The third-order valence-electron chi connectivity index (χ3n) is 4.57. The number of aromatic nitrogens is 1. The van der Waals surface area contributed by atoms with Gasteiger partial charge in [0.15, 0.2) is 0 Å². The molecule has 7 nitrogen and oxygen atoms in total. The van der Waals surface area contributed by atoms with Gasteiger partial charge in [0.1, 0.15) is 5.75 Å². The van der Waals surface area contributed by atoms with Crippen LogP contribution in [-0.2, 0) is 10.0 Å². The van der Waals surface area contributed by atoms with Gasteiger partial charge in [0.2, 0.25) is 10.0 Å². The van der Waals surface area contributed by atoms with Crippen molar-refractivity contribution < 1.29 is 13.2 Å². The van der Waals surface area contributed by atoms with Gasteiger partial charge in [0.25, 0.3) is 0 Å². The SMILES string of the molecule is COc1cc(NS(C)(=O)=O)ccc1Nc1c2ccccc2nc2cc(C#N)ccc12.Cl. The van der Waals surface area contributed by atoms with E-state index >= 15 is 0 Å². The molecule has 31 heavy (non-hydrogen) atoms. The highest BCUT2D eigenvalue weighted by atomic mass is 35.5. The predicted molar refractivity (Wildman–Crippen MR) is 126 cm³/mol. The number of fused-ring (bicyclic) bond motifs is 2. The number of nitriles is 1. The average Bonchev–Trinajstić information content (AvgIpc) is 2.72. The molecule has 1 aromatic heterocycles. The molecule has 2 N–H and O–H groups in total. The number of nitrogens with zero attached hydrogens (tertiary/aromatic N) is 2. The lowest BCUT2D eigenvalue weighted by molar-refractivity contribution is 0.417. The molecule has 0 fully saturated rings. The molecule has 0 aliphatic carbocycles. The van der Waals surface area contributed by atoms with E-state index in [4.69, 9.17) is 4.74 Å². The molecule has 0 unspecified atom stereocenters. The molecule has 0 aliphatic rings. The van der Waals surface area contributed by atoms with E-state index in [1.54, 1.807) is 30.3 Å². The zero-order valence-electron chi connectivity index (χ0n) is 16.7. The van der Waals surface area contributed by atoms with Crippen LogP contribution in [0.1, 0.15) is 5.56 Å². The Bertz CT molecular complexity index is 1430. The lowest BCUT2D eigenvalue weighted by Crippen LogP contribution is -2.09. The van der Waals surface area contributed by atoms with Gasteiger partial charge in [0, 0.05) is 16.8 Å². The van der Waals surface area contributed by atoms with Crippen molar-refractivity contribution in [3.63, 3.8) is 0 Å². The summed E-state index contributed by atoms with van der Waals surface area (Å²) in [5, 5.41) is 14.4. The van der Waals surface area contributed by atoms with Crippen LogP contribution in [0.15, 0.2) is 60.7 Å². The minimum Gasteiger partial charge on any atom is -0.494 e. The molecule has 0 spiro atoms. The summed E-state index contributed by atoms with van der Waals surface area (Å²) >= 11 is 0. The number of rotatable bonds is 5. The smallest absolute Gasteiger partial charge is 0.229 e. The average molecular weight is 455 g/mol. The van der Waals surface area contributed by atoms with Crippen LogP contribution >= 0.6 is 12.4 Å². The Labute approximate surface area is 186 Å². The van der Waals surface area contributed by atoms with Gasteiger partial charge in [-0.05, 0) is 36.4 Å². The number of benzene rings is 3. The van der Waals surface area contributed by atoms with Crippen molar-refractivity contribution in [3.8, 4) is 11.8 Å². The molecule has 1 heterocycles. The first-order valence-corrected chi connectivity index (χ1v) is 10.9. The second-order valence-electron chi connectivity index (χ2n) is 6.76. The monoisotopic (exact) mass is 454 g/mol. The summed E-state index contributed by atoms with van der Waals surface area (Å²) < 4.78 is 31.0. The van der Waals surface area contributed by atoms with E-state index in [0.29, 0.717) is 28.2 Å². The van der Waals surface area contributed by atoms with Gasteiger partial charge in [-0.2, -0.15) is 5.26 Å². The molecular formula is C22H19ClN4O3S. The zero-order chi connectivity index (χ0) is 21.3. The first-order valence-electron chi connectivity index (χ1n) is 9.03. The highest BCUT2D eigenvalue weighted by molar-refractivity contribution is 7.92. The van der Waals surface area contributed by atoms with Gasteiger partial charge in [-0.25, -0.2) is 13.4 Å². The Hall–Kier alpha value is -3.54. The summed E-state index contributed by atoms with van der Waals surface area (Å²) in [6, 6.07) is 20.2. The number of para-hydroxylation sites is 1. The summed E-state index contributed by atoms with van der Waals surface area (Å²) in [5.74, 6) is 0.478. The number of hydrogen-bond acceptors (Lipinski definition) is 6. The fraction of sp³-hybridized carbons (Fsp3) is 0.0909. The van der Waals surface area contributed by atoms with Crippen LogP contribution in [0.25, 0.3) is 21.8 Å². The van der Waals surface area contributed by atoms with Crippen molar-refractivity contribution in [2.24, 2.45) is 0 Å². The van der Waals surface area contributed by atoms with Crippen LogP contribution in [0.3, 0.4) is 0 Å². The molecule has 4 aromatic rings. The third kappa shape index (κ3) is 4.63. The van der Waals surface area contributed by atoms with Gasteiger partial charge in [-0.15, -0.1) is 12.4 Å². The fourth-order valence-corrected chi connectivity index (χ4v) is 3.86. The minimum absolute atomic E-state index is 0. The summed E-state index contributed by atoms with van der Waals surface area (Å²) in [6.07, 6.45) is 1.09.